The molecule has 0 radical (unpaired) electrons. The molecule has 94 valence electrons. The second kappa shape index (κ2) is 4.59. The molecule has 0 spiro atoms. The lowest BCUT2D eigenvalue weighted by Crippen LogP contribution is -2.29. The summed E-state index contributed by atoms with van der Waals surface area (Å²) in [6, 6.07) is 10.9. The summed E-state index contributed by atoms with van der Waals surface area (Å²) in [7, 11) is 0. The van der Waals surface area contributed by atoms with Gasteiger partial charge in [-0.2, -0.15) is 0 Å². The van der Waals surface area contributed by atoms with Gasteiger partial charge < -0.3 is 0 Å². The first-order chi connectivity index (χ1) is 9.16. The van der Waals surface area contributed by atoms with Crippen molar-refractivity contribution < 1.29 is 9.59 Å². The lowest BCUT2D eigenvalue weighted by molar-refractivity contribution is -0.114. The molecule has 1 amide bonds. The van der Waals surface area contributed by atoms with Gasteiger partial charge in [-0.1, -0.05) is 28.1 Å². The van der Waals surface area contributed by atoms with E-state index in [9.17, 15) is 9.59 Å². The van der Waals surface area contributed by atoms with Gasteiger partial charge in [0.15, 0.2) is 0 Å². The molecule has 4 nitrogen and oxygen atoms in total. The first-order valence-electron chi connectivity index (χ1n) is 5.72. The molecular formula is C14H9BrN2O2. The molecule has 0 unspecified atom stereocenters. The van der Waals surface area contributed by atoms with Crippen molar-refractivity contribution in [2.45, 2.75) is 6.54 Å². The van der Waals surface area contributed by atoms with Crippen LogP contribution in [0.1, 0.15) is 15.9 Å². The Balaban J connectivity index is 1.95. The zero-order valence-electron chi connectivity index (χ0n) is 9.84. The number of amides is 1. The quantitative estimate of drug-likeness (QED) is 0.800. The standard InChI is InChI=1S/C14H9BrN2O2/c15-10-5-3-9(4-6-10)8-17-13-11(2-1-7-16-13)12(18)14(17)19/h1-7H,8H2. The first-order valence-corrected chi connectivity index (χ1v) is 6.52. The van der Waals surface area contributed by atoms with E-state index >= 15 is 0 Å². The number of aromatic nitrogens is 1. The molecule has 3 rings (SSSR count). The average molecular weight is 317 g/mol. The number of hydrogen-bond acceptors (Lipinski definition) is 3. The minimum Gasteiger partial charge on any atom is -0.285 e. The second-order valence-electron chi connectivity index (χ2n) is 4.22. The number of anilines is 1. The molecule has 0 aliphatic carbocycles. The lowest BCUT2D eigenvalue weighted by atomic mass is 10.2. The number of hydrogen-bond donors (Lipinski definition) is 0. The Morgan fingerprint density at radius 1 is 1.11 bits per heavy atom. The van der Waals surface area contributed by atoms with E-state index < -0.39 is 11.7 Å². The van der Waals surface area contributed by atoms with Crippen molar-refractivity contribution in [3.8, 4) is 0 Å². The van der Waals surface area contributed by atoms with Crippen LogP contribution in [-0.4, -0.2) is 16.7 Å². The third kappa shape index (κ3) is 2.06. The molecule has 0 atom stereocenters. The maximum Gasteiger partial charge on any atom is 0.301 e. The van der Waals surface area contributed by atoms with E-state index in [2.05, 4.69) is 20.9 Å². The van der Waals surface area contributed by atoms with Gasteiger partial charge in [0.25, 0.3) is 5.78 Å². The Morgan fingerprint density at radius 2 is 1.84 bits per heavy atom. The van der Waals surface area contributed by atoms with Gasteiger partial charge in [-0.25, -0.2) is 4.98 Å². The number of benzene rings is 1. The third-order valence-electron chi connectivity index (χ3n) is 2.98. The molecule has 0 N–H and O–H groups in total. The Hall–Kier alpha value is -2.01. The minimum atomic E-state index is -0.517. The Bertz CT molecular complexity index is 667. The molecule has 19 heavy (non-hydrogen) atoms. The number of pyridine rings is 1. The van der Waals surface area contributed by atoms with Crippen LogP contribution < -0.4 is 4.90 Å². The van der Waals surface area contributed by atoms with E-state index in [1.165, 1.54) is 4.90 Å². The predicted octanol–water partition coefficient (Wildman–Crippen LogP) is 2.57. The molecule has 5 heteroatoms. The first kappa shape index (κ1) is 12.0. The van der Waals surface area contributed by atoms with Crippen molar-refractivity contribution in [1.29, 1.82) is 0 Å². The van der Waals surface area contributed by atoms with E-state index in [0.29, 0.717) is 17.9 Å². The zero-order valence-corrected chi connectivity index (χ0v) is 11.4. The fourth-order valence-corrected chi connectivity index (χ4v) is 2.31. The highest BCUT2D eigenvalue weighted by Gasteiger charge is 2.36. The number of carbonyl (C=O) groups is 2. The van der Waals surface area contributed by atoms with Gasteiger partial charge >= 0.3 is 5.91 Å². The molecule has 0 bridgehead atoms. The highest BCUT2D eigenvalue weighted by molar-refractivity contribution is 9.10. The highest BCUT2D eigenvalue weighted by atomic mass is 79.9. The van der Waals surface area contributed by atoms with E-state index in [-0.39, 0.29) is 0 Å². The Kier molecular flexibility index (Phi) is 2.91. The van der Waals surface area contributed by atoms with E-state index in [1.807, 2.05) is 24.3 Å². The summed E-state index contributed by atoms with van der Waals surface area (Å²) in [5.41, 5.74) is 1.33. The number of ketones is 1. The van der Waals surface area contributed by atoms with Crippen molar-refractivity contribution in [1.82, 2.24) is 4.98 Å². The second-order valence-corrected chi connectivity index (χ2v) is 5.14. The van der Waals surface area contributed by atoms with Crippen LogP contribution in [0.2, 0.25) is 0 Å². The fraction of sp³-hybridized carbons (Fsp3) is 0.0714. The third-order valence-corrected chi connectivity index (χ3v) is 3.51. The van der Waals surface area contributed by atoms with Crippen LogP contribution in [0.15, 0.2) is 47.1 Å². The summed E-state index contributed by atoms with van der Waals surface area (Å²) in [4.78, 5) is 29.3. The molecule has 1 aliphatic heterocycles. The largest absolute Gasteiger partial charge is 0.301 e. The summed E-state index contributed by atoms with van der Waals surface area (Å²) in [5, 5.41) is 0. The van der Waals surface area contributed by atoms with Crippen LogP contribution in [0, 0.1) is 0 Å². The van der Waals surface area contributed by atoms with Gasteiger partial charge in [-0.15, -0.1) is 0 Å². The molecule has 0 saturated heterocycles. The summed E-state index contributed by atoms with van der Waals surface area (Å²) in [6.07, 6.45) is 1.58. The van der Waals surface area contributed by atoms with Crippen LogP contribution in [0.4, 0.5) is 5.82 Å². The van der Waals surface area contributed by atoms with Crippen molar-refractivity contribution in [2.75, 3.05) is 4.90 Å². The number of rotatable bonds is 2. The Morgan fingerprint density at radius 3 is 2.58 bits per heavy atom. The highest BCUT2D eigenvalue weighted by Crippen LogP contribution is 2.27. The zero-order chi connectivity index (χ0) is 13.4. The number of halogens is 1. The summed E-state index contributed by atoms with van der Waals surface area (Å²) >= 11 is 3.36. The monoisotopic (exact) mass is 316 g/mol. The van der Waals surface area contributed by atoms with E-state index in [1.54, 1.807) is 18.3 Å². The summed E-state index contributed by atoms with van der Waals surface area (Å²) in [5.74, 6) is -0.558. The molecule has 1 aromatic carbocycles. The molecule has 0 saturated carbocycles. The maximum absolute atomic E-state index is 12.0. The molecule has 1 aliphatic rings. The van der Waals surface area contributed by atoms with Crippen molar-refractivity contribution >= 4 is 33.4 Å². The van der Waals surface area contributed by atoms with Crippen molar-refractivity contribution in [3.05, 3.63) is 58.2 Å². The molecule has 0 fully saturated rings. The number of nitrogens with zero attached hydrogens (tertiary/aromatic N) is 2. The molecular weight excluding hydrogens is 308 g/mol. The number of carbonyl (C=O) groups excluding carboxylic acids is 2. The summed E-state index contributed by atoms with van der Waals surface area (Å²) in [6.45, 7) is 0.349. The van der Waals surface area contributed by atoms with Crippen LogP contribution in [0.25, 0.3) is 0 Å². The van der Waals surface area contributed by atoms with Gasteiger partial charge in [0.2, 0.25) is 0 Å². The maximum atomic E-state index is 12.0. The predicted molar refractivity (Wildman–Crippen MR) is 73.9 cm³/mol. The fourth-order valence-electron chi connectivity index (χ4n) is 2.04. The lowest BCUT2D eigenvalue weighted by Gasteiger charge is -2.15. The molecule has 2 heterocycles. The Labute approximate surface area is 118 Å². The van der Waals surface area contributed by atoms with Crippen molar-refractivity contribution in [2.24, 2.45) is 0 Å². The molecule has 2 aromatic rings. The van der Waals surface area contributed by atoms with E-state index in [4.69, 9.17) is 0 Å². The van der Waals surface area contributed by atoms with Gasteiger partial charge in [0.1, 0.15) is 5.82 Å². The van der Waals surface area contributed by atoms with Crippen LogP contribution in [-0.2, 0) is 11.3 Å². The summed E-state index contributed by atoms with van der Waals surface area (Å²) < 4.78 is 0.971. The van der Waals surface area contributed by atoms with Gasteiger partial charge in [0.05, 0.1) is 12.1 Å². The van der Waals surface area contributed by atoms with E-state index in [0.717, 1.165) is 10.0 Å². The van der Waals surface area contributed by atoms with Crippen LogP contribution in [0.3, 0.4) is 0 Å². The van der Waals surface area contributed by atoms with Crippen LogP contribution >= 0.6 is 15.9 Å². The number of fused-ring (bicyclic) bond motifs is 1. The average Bonchev–Trinajstić information content (AvgIpc) is 2.67. The van der Waals surface area contributed by atoms with Gasteiger partial charge in [-0.3, -0.25) is 14.5 Å². The number of Topliss-reactive ketones (excluding diaryl/α,β-unsaturated/α-hetero) is 1. The topological polar surface area (TPSA) is 50.3 Å². The van der Waals surface area contributed by atoms with Crippen molar-refractivity contribution in [3.63, 3.8) is 0 Å². The molecule has 1 aromatic heterocycles. The smallest absolute Gasteiger partial charge is 0.285 e. The van der Waals surface area contributed by atoms with Crippen LogP contribution in [0.5, 0.6) is 0 Å². The SMILES string of the molecule is O=C1C(=O)N(Cc2ccc(Br)cc2)c2ncccc21. The minimum absolute atomic E-state index is 0.349. The van der Waals surface area contributed by atoms with Gasteiger partial charge in [0, 0.05) is 10.7 Å². The van der Waals surface area contributed by atoms with Gasteiger partial charge in [-0.05, 0) is 29.8 Å². The normalized spacial score (nSPS) is 13.8.